The molecule has 0 unspecified atom stereocenters. The molecule has 4 nitrogen and oxygen atoms in total. The first-order valence-electron chi connectivity index (χ1n) is 9.08. The first kappa shape index (κ1) is 16.6. The lowest BCUT2D eigenvalue weighted by Crippen LogP contribution is -2.19. The Hall–Kier alpha value is -3.60. The van der Waals surface area contributed by atoms with Gasteiger partial charge in [0.2, 0.25) is 5.95 Å². The number of methoxy groups -OCH3 is 1. The molecule has 138 valence electrons. The molecule has 2 heterocycles. The maximum absolute atomic E-state index is 14.0. The molecule has 5 rings (SSSR count). The number of aromatic nitrogens is 2. The van der Waals surface area contributed by atoms with Gasteiger partial charge in [-0.2, -0.15) is 0 Å². The van der Waals surface area contributed by atoms with Crippen molar-refractivity contribution in [2.75, 3.05) is 12.4 Å². The number of benzene rings is 3. The molecule has 5 heteroatoms. The van der Waals surface area contributed by atoms with Gasteiger partial charge in [0.25, 0.3) is 0 Å². The van der Waals surface area contributed by atoms with Gasteiger partial charge in [0.05, 0.1) is 24.2 Å². The molecular weight excluding hydrogens is 353 g/mol. The van der Waals surface area contributed by atoms with Gasteiger partial charge in [0.15, 0.2) is 0 Å². The number of para-hydroxylation sites is 2. The van der Waals surface area contributed by atoms with Gasteiger partial charge in [-0.25, -0.2) is 9.37 Å². The normalized spacial score (nSPS) is 15.6. The second-order valence-corrected chi connectivity index (χ2v) is 6.73. The third-order valence-electron chi connectivity index (χ3n) is 5.02. The standard InChI is InChI=1S/C23H18FN3O/c1-28-18-9-5-6-15(13-18)20-14-22(16-7-4-8-17(24)12-16)27-21-11-3-2-10-19(21)25-23(27)26-20/h2-14,22H,1H3,(H,25,26)/t22-/m1/s1. The predicted molar refractivity (Wildman–Crippen MR) is 109 cm³/mol. The minimum Gasteiger partial charge on any atom is -0.497 e. The third kappa shape index (κ3) is 2.72. The predicted octanol–water partition coefficient (Wildman–Crippen LogP) is 5.24. The number of imidazole rings is 1. The van der Waals surface area contributed by atoms with Crippen molar-refractivity contribution < 1.29 is 9.13 Å². The Morgan fingerprint density at radius 1 is 1.00 bits per heavy atom. The second-order valence-electron chi connectivity index (χ2n) is 6.73. The highest BCUT2D eigenvalue weighted by Crippen LogP contribution is 2.37. The lowest BCUT2D eigenvalue weighted by molar-refractivity contribution is 0.414. The number of nitrogens with zero attached hydrogens (tertiary/aromatic N) is 2. The van der Waals surface area contributed by atoms with Gasteiger partial charge in [0, 0.05) is 11.3 Å². The van der Waals surface area contributed by atoms with Crippen LogP contribution < -0.4 is 10.1 Å². The number of hydrogen-bond acceptors (Lipinski definition) is 3. The van der Waals surface area contributed by atoms with Crippen molar-refractivity contribution in [2.45, 2.75) is 6.04 Å². The molecule has 0 saturated carbocycles. The van der Waals surface area contributed by atoms with E-state index in [1.807, 2.05) is 54.6 Å². The van der Waals surface area contributed by atoms with Gasteiger partial charge in [-0.3, -0.25) is 4.57 Å². The number of ether oxygens (including phenoxy) is 1. The van der Waals surface area contributed by atoms with Crippen LogP contribution in [0.1, 0.15) is 17.2 Å². The highest BCUT2D eigenvalue weighted by atomic mass is 19.1. The summed E-state index contributed by atoms with van der Waals surface area (Å²) in [6, 6.07) is 22.4. The molecule has 0 spiro atoms. The highest BCUT2D eigenvalue weighted by molar-refractivity contribution is 5.85. The zero-order valence-electron chi connectivity index (χ0n) is 15.3. The van der Waals surface area contributed by atoms with Gasteiger partial charge in [0.1, 0.15) is 11.6 Å². The Labute approximate surface area is 161 Å². The summed E-state index contributed by atoms with van der Waals surface area (Å²) in [5.41, 5.74) is 4.66. The third-order valence-corrected chi connectivity index (χ3v) is 5.02. The molecule has 0 saturated heterocycles. The summed E-state index contributed by atoms with van der Waals surface area (Å²) in [6.45, 7) is 0. The first-order chi connectivity index (χ1) is 13.7. The van der Waals surface area contributed by atoms with Gasteiger partial charge in [-0.1, -0.05) is 36.4 Å². The molecule has 0 amide bonds. The van der Waals surface area contributed by atoms with Crippen LogP contribution in [-0.4, -0.2) is 16.7 Å². The monoisotopic (exact) mass is 371 g/mol. The maximum Gasteiger partial charge on any atom is 0.209 e. The molecular formula is C23H18FN3O. The molecule has 1 aliphatic rings. The smallest absolute Gasteiger partial charge is 0.209 e. The van der Waals surface area contributed by atoms with Crippen LogP contribution in [0.4, 0.5) is 10.3 Å². The molecule has 0 radical (unpaired) electrons. The van der Waals surface area contributed by atoms with Crippen molar-refractivity contribution in [3.63, 3.8) is 0 Å². The van der Waals surface area contributed by atoms with Gasteiger partial charge in [-0.15, -0.1) is 0 Å². The number of rotatable bonds is 3. The summed E-state index contributed by atoms with van der Waals surface area (Å²) >= 11 is 0. The molecule has 0 bridgehead atoms. The molecule has 28 heavy (non-hydrogen) atoms. The van der Waals surface area contributed by atoms with E-state index in [4.69, 9.17) is 9.72 Å². The number of nitrogens with one attached hydrogen (secondary N) is 1. The first-order valence-corrected chi connectivity index (χ1v) is 9.08. The van der Waals surface area contributed by atoms with E-state index in [0.29, 0.717) is 0 Å². The van der Waals surface area contributed by atoms with Crippen LogP contribution >= 0.6 is 0 Å². The topological polar surface area (TPSA) is 39.1 Å². The Balaban J connectivity index is 1.71. The van der Waals surface area contributed by atoms with E-state index < -0.39 is 0 Å². The minimum absolute atomic E-state index is 0.180. The van der Waals surface area contributed by atoms with E-state index in [2.05, 4.69) is 16.0 Å². The Morgan fingerprint density at radius 3 is 2.71 bits per heavy atom. The van der Waals surface area contributed by atoms with Crippen molar-refractivity contribution in [3.05, 3.63) is 95.8 Å². The lowest BCUT2D eigenvalue weighted by atomic mass is 10.0. The van der Waals surface area contributed by atoms with Crippen LogP contribution in [0.25, 0.3) is 16.7 Å². The number of fused-ring (bicyclic) bond motifs is 3. The number of allylic oxidation sites excluding steroid dienone is 1. The van der Waals surface area contributed by atoms with Crippen LogP contribution in [-0.2, 0) is 0 Å². The quantitative estimate of drug-likeness (QED) is 0.535. The fourth-order valence-electron chi connectivity index (χ4n) is 3.70. The van der Waals surface area contributed by atoms with Crippen LogP contribution in [0.15, 0.2) is 78.9 Å². The van der Waals surface area contributed by atoms with E-state index in [1.54, 1.807) is 19.2 Å². The molecule has 0 aliphatic carbocycles. The summed E-state index contributed by atoms with van der Waals surface area (Å²) < 4.78 is 21.4. The van der Waals surface area contributed by atoms with Crippen LogP contribution in [0.5, 0.6) is 5.75 Å². The van der Waals surface area contributed by atoms with Crippen molar-refractivity contribution in [1.29, 1.82) is 0 Å². The van der Waals surface area contributed by atoms with E-state index in [-0.39, 0.29) is 11.9 Å². The summed E-state index contributed by atoms with van der Waals surface area (Å²) in [6.07, 6.45) is 2.10. The summed E-state index contributed by atoms with van der Waals surface area (Å²) in [4.78, 5) is 4.76. The molecule has 0 fully saturated rings. The van der Waals surface area contributed by atoms with E-state index >= 15 is 0 Å². The fourth-order valence-corrected chi connectivity index (χ4v) is 3.70. The average molecular weight is 371 g/mol. The SMILES string of the molecule is COc1cccc(C2=C[C@H](c3cccc(F)c3)n3c(nc4ccccc43)N2)c1. The van der Waals surface area contributed by atoms with Gasteiger partial charge >= 0.3 is 0 Å². The van der Waals surface area contributed by atoms with E-state index in [0.717, 1.165) is 39.6 Å². The molecule has 1 atom stereocenters. The highest BCUT2D eigenvalue weighted by Gasteiger charge is 2.25. The molecule has 3 aromatic carbocycles. The van der Waals surface area contributed by atoms with Crippen molar-refractivity contribution in [1.82, 2.24) is 9.55 Å². The molecule has 1 aliphatic heterocycles. The Bertz CT molecular complexity index is 1210. The lowest BCUT2D eigenvalue weighted by Gasteiger charge is -2.26. The zero-order valence-corrected chi connectivity index (χ0v) is 15.3. The Kier molecular flexibility index (Phi) is 3.86. The molecule has 1 N–H and O–H groups in total. The van der Waals surface area contributed by atoms with Crippen molar-refractivity contribution >= 4 is 22.7 Å². The average Bonchev–Trinajstić information content (AvgIpc) is 3.11. The number of anilines is 1. The molecule has 4 aromatic rings. The van der Waals surface area contributed by atoms with Crippen LogP contribution in [0, 0.1) is 5.82 Å². The van der Waals surface area contributed by atoms with Crippen molar-refractivity contribution in [3.8, 4) is 5.75 Å². The van der Waals surface area contributed by atoms with Crippen LogP contribution in [0.2, 0.25) is 0 Å². The van der Waals surface area contributed by atoms with E-state index in [9.17, 15) is 4.39 Å². The summed E-state index contributed by atoms with van der Waals surface area (Å²) in [5.74, 6) is 1.26. The second kappa shape index (κ2) is 6.53. The van der Waals surface area contributed by atoms with E-state index in [1.165, 1.54) is 6.07 Å². The van der Waals surface area contributed by atoms with Gasteiger partial charge in [-0.05, 0) is 48.0 Å². The summed E-state index contributed by atoms with van der Waals surface area (Å²) in [5, 5.41) is 3.43. The van der Waals surface area contributed by atoms with Crippen LogP contribution in [0.3, 0.4) is 0 Å². The number of hydrogen-bond donors (Lipinski definition) is 1. The Morgan fingerprint density at radius 2 is 1.86 bits per heavy atom. The fraction of sp³-hybridized carbons (Fsp3) is 0.0870. The minimum atomic E-state index is -0.252. The zero-order chi connectivity index (χ0) is 19.1. The molecule has 1 aromatic heterocycles. The largest absolute Gasteiger partial charge is 0.497 e. The van der Waals surface area contributed by atoms with Gasteiger partial charge < -0.3 is 10.1 Å². The number of halogens is 1. The summed E-state index contributed by atoms with van der Waals surface area (Å²) in [7, 11) is 1.65. The van der Waals surface area contributed by atoms with Crippen molar-refractivity contribution in [2.24, 2.45) is 0 Å². The maximum atomic E-state index is 14.0.